The molecule has 3 N–H and O–H groups in total. The Morgan fingerprint density at radius 3 is 3.00 bits per heavy atom. The van der Waals surface area contributed by atoms with Gasteiger partial charge in [-0.25, -0.2) is 9.18 Å². The summed E-state index contributed by atoms with van der Waals surface area (Å²) in [6.07, 6.45) is 1.36. The van der Waals surface area contributed by atoms with Crippen LogP contribution in [0.3, 0.4) is 0 Å². The number of urea groups is 1. The van der Waals surface area contributed by atoms with E-state index in [0.29, 0.717) is 24.3 Å². The fourth-order valence-electron chi connectivity index (χ4n) is 1.68. The number of amides is 2. The Morgan fingerprint density at radius 1 is 1.50 bits per heavy atom. The summed E-state index contributed by atoms with van der Waals surface area (Å²) < 4.78 is 17.1. The quantitative estimate of drug-likeness (QED) is 0.686. The molecule has 0 fully saturated rings. The van der Waals surface area contributed by atoms with Crippen LogP contribution < -0.4 is 15.4 Å². The molecule has 1 unspecified atom stereocenters. The number of hydrogen-bond donors (Lipinski definition) is 3. The lowest BCUT2D eigenvalue weighted by Crippen LogP contribution is -2.36. The zero-order valence-corrected chi connectivity index (χ0v) is 11.6. The van der Waals surface area contributed by atoms with E-state index in [9.17, 15) is 9.18 Å². The van der Waals surface area contributed by atoms with Gasteiger partial charge in [-0.05, 0) is 31.9 Å². The summed E-state index contributed by atoms with van der Waals surface area (Å²) in [5.74, 6) is 0.508. The van der Waals surface area contributed by atoms with Crippen molar-refractivity contribution in [2.45, 2.75) is 25.8 Å². The van der Waals surface area contributed by atoms with E-state index in [-0.39, 0.29) is 25.3 Å². The molecule has 0 spiro atoms. The predicted octanol–water partition coefficient (Wildman–Crippen LogP) is 2.32. The topological polar surface area (TPSA) is 70.6 Å². The van der Waals surface area contributed by atoms with Crippen LogP contribution in [0.15, 0.2) is 24.3 Å². The monoisotopic (exact) mass is 284 g/mol. The number of carbonyl (C=O) groups is 1. The third kappa shape index (κ3) is 6.38. The van der Waals surface area contributed by atoms with Gasteiger partial charge in [0.1, 0.15) is 19.0 Å². The maximum absolute atomic E-state index is 12.0. The smallest absolute Gasteiger partial charge is 0.319 e. The summed E-state index contributed by atoms with van der Waals surface area (Å²) in [5.41, 5.74) is 0.577. The number of carbonyl (C=O) groups excluding carboxylic acids is 1. The molecule has 0 heterocycles. The molecule has 1 aromatic rings. The van der Waals surface area contributed by atoms with E-state index in [2.05, 4.69) is 10.6 Å². The van der Waals surface area contributed by atoms with Crippen molar-refractivity contribution >= 4 is 11.7 Å². The summed E-state index contributed by atoms with van der Waals surface area (Å²) in [6, 6.07) is 6.43. The molecule has 0 aliphatic rings. The Kier molecular flexibility index (Phi) is 7.42. The first kappa shape index (κ1) is 16.2. The fraction of sp³-hybridized carbons (Fsp3) is 0.500. The van der Waals surface area contributed by atoms with E-state index in [1.165, 1.54) is 0 Å². The molecule has 1 aromatic carbocycles. The van der Waals surface area contributed by atoms with Crippen molar-refractivity contribution in [3.05, 3.63) is 24.3 Å². The van der Waals surface area contributed by atoms with Crippen molar-refractivity contribution in [3.8, 4) is 5.75 Å². The number of halogens is 1. The van der Waals surface area contributed by atoms with Gasteiger partial charge in [0.05, 0.1) is 0 Å². The molecule has 20 heavy (non-hydrogen) atoms. The number of nitrogens with one attached hydrogen (secondary N) is 2. The molecule has 2 amide bonds. The summed E-state index contributed by atoms with van der Waals surface area (Å²) in [7, 11) is 0. The normalized spacial score (nSPS) is 11.8. The summed E-state index contributed by atoms with van der Waals surface area (Å²) >= 11 is 0. The molecule has 0 aromatic heterocycles. The lowest BCUT2D eigenvalue weighted by atomic mass is 10.2. The van der Waals surface area contributed by atoms with Crippen LogP contribution in [0, 0.1) is 0 Å². The van der Waals surface area contributed by atoms with Crippen LogP contribution in [0.4, 0.5) is 14.9 Å². The van der Waals surface area contributed by atoms with Gasteiger partial charge in [-0.2, -0.15) is 0 Å². The predicted molar refractivity (Wildman–Crippen MR) is 75.8 cm³/mol. The highest BCUT2D eigenvalue weighted by Crippen LogP contribution is 2.17. The highest BCUT2D eigenvalue weighted by molar-refractivity contribution is 5.89. The minimum absolute atomic E-state index is 0.00611. The molecule has 0 aliphatic heterocycles. The number of alkyl halides is 1. The van der Waals surface area contributed by atoms with Crippen LogP contribution in [0.2, 0.25) is 0 Å². The zero-order valence-electron chi connectivity index (χ0n) is 11.6. The van der Waals surface area contributed by atoms with E-state index >= 15 is 0 Å². The summed E-state index contributed by atoms with van der Waals surface area (Å²) in [5, 5.41) is 14.2. The van der Waals surface area contributed by atoms with Crippen molar-refractivity contribution in [3.63, 3.8) is 0 Å². The molecule has 1 atom stereocenters. The molecule has 5 nitrogen and oxygen atoms in total. The molecule has 0 radical (unpaired) electrons. The van der Waals surface area contributed by atoms with Crippen molar-refractivity contribution in [2.24, 2.45) is 0 Å². The van der Waals surface area contributed by atoms with Crippen molar-refractivity contribution in [1.29, 1.82) is 0 Å². The summed E-state index contributed by atoms with van der Waals surface area (Å²) in [4.78, 5) is 11.7. The van der Waals surface area contributed by atoms with Gasteiger partial charge in [-0.1, -0.05) is 6.07 Å². The Morgan fingerprint density at radius 2 is 2.30 bits per heavy atom. The number of hydrogen-bond acceptors (Lipinski definition) is 3. The first-order valence-corrected chi connectivity index (χ1v) is 6.63. The Hall–Kier alpha value is -1.82. The molecule has 0 bridgehead atoms. The van der Waals surface area contributed by atoms with Gasteiger partial charge in [-0.3, -0.25) is 0 Å². The highest BCUT2D eigenvalue weighted by atomic mass is 19.1. The van der Waals surface area contributed by atoms with Crippen molar-refractivity contribution in [2.75, 3.05) is 25.2 Å². The maximum Gasteiger partial charge on any atom is 0.319 e. The SMILES string of the molecule is CC(CCCO)NC(=O)Nc1cccc(OCCF)c1. The first-order chi connectivity index (χ1) is 9.65. The van der Waals surface area contributed by atoms with Crippen LogP contribution in [0.25, 0.3) is 0 Å². The summed E-state index contributed by atoms with van der Waals surface area (Å²) in [6.45, 7) is 1.42. The van der Waals surface area contributed by atoms with Gasteiger partial charge >= 0.3 is 6.03 Å². The molecular weight excluding hydrogens is 263 g/mol. The lowest BCUT2D eigenvalue weighted by Gasteiger charge is -2.14. The largest absolute Gasteiger partial charge is 0.491 e. The molecule has 112 valence electrons. The van der Waals surface area contributed by atoms with Gasteiger partial charge in [0.15, 0.2) is 0 Å². The van der Waals surface area contributed by atoms with Crippen LogP contribution in [-0.4, -0.2) is 37.1 Å². The molecule has 1 rings (SSSR count). The number of rotatable bonds is 8. The molecular formula is C14H21FN2O3. The Balaban J connectivity index is 2.44. The third-order valence-electron chi connectivity index (χ3n) is 2.61. The standard InChI is InChI=1S/C14H21FN2O3/c1-11(4-3-8-18)16-14(19)17-12-5-2-6-13(10-12)20-9-7-15/h2,5-6,10-11,18H,3-4,7-9H2,1H3,(H2,16,17,19). The molecule has 0 saturated heterocycles. The lowest BCUT2D eigenvalue weighted by molar-refractivity contribution is 0.245. The van der Waals surface area contributed by atoms with E-state index in [4.69, 9.17) is 9.84 Å². The Labute approximate surface area is 118 Å². The second-order valence-electron chi connectivity index (χ2n) is 4.43. The number of ether oxygens (including phenoxy) is 1. The second-order valence-corrected chi connectivity index (χ2v) is 4.43. The maximum atomic E-state index is 12.0. The molecule has 0 aliphatic carbocycles. The van der Waals surface area contributed by atoms with Gasteiger partial charge in [0, 0.05) is 24.4 Å². The van der Waals surface area contributed by atoms with Crippen LogP contribution in [0.1, 0.15) is 19.8 Å². The van der Waals surface area contributed by atoms with E-state index in [0.717, 1.165) is 0 Å². The minimum atomic E-state index is -0.555. The number of aliphatic hydroxyl groups excluding tert-OH is 1. The van der Waals surface area contributed by atoms with E-state index in [1.807, 2.05) is 6.92 Å². The number of benzene rings is 1. The van der Waals surface area contributed by atoms with Crippen LogP contribution in [0.5, 0.6) is 5.75 Å². The van der Waals surface area contributed by atoms with Crippen LogP contribution in [-0.2, 0) is 0 Å². The molecule has 6 heteroatoms. The third-order valence-corrected chi connectivity index (χ3v) is 2.61. The van der Waals surface area contributed by atoms with E-state index < -0.39 is 6.67 Å². The van der Waals surface area contributed by atoms with Gasteiger partial charge < -0.3 is 20.5 Å². The first-order valence-electron chi connectivity index (χ1n) is 6.63. The van der Waals surface area contributed by atoms with Gasteiger partial charge in [0.25, 0.3) is 0 Å². The van der Waals surface area contributed by atoms with Gasteiger partial charge in [0.2, 0.25) is 0 Å². The van der Waals surface area contributed by atoms with Gasteiger partial charge in [-0.15, -0.1) is 0 Å². The van der Waals surface area contributed by atoms with Crippen LogP contribution >= 0.6 is 0 Å². The fourth-order valence-corrected chi connectivity index (χ4v) is 1.68. The number of anilines is 1. The minimum Gasteiger partial charge on any atom is -0.491 e. The zero-order chi connectivity index (χ0) is 14.8. The number of aliphatic hydroxyl groups is 1. The molecule has 0 saturated carbocycles. The highest BCUT2D eigenvalue weighted by Gasteiger charge is 2.07. The average molecular weight is 284 g/mol. The average Bonchev–Trinajstić information content (AvgIpc) is 2.43. The van der Waals surface area contributed by atoms with Crippen molar-refractivity contribution < 1.29 is 19.0 Å². The van der Waals surface area contributed by atoms with E-state index in [1.54, 1.807) is 24.3 Å². The Bertz CT molecular complexity index is 415. The second kappa shape index (κ2) is 9.14. The van der Waals surface area contributed by atoms with Crippen molar-refractivity contribution in [1.82, 2.24) is 5.32 Å².